The van der Waals surface area contributed by atoms with E-state index in [0.29, 0.717) is 0 Å². The molecule has 1 unspecified atom stereocenters. The second-order valence-electron chi connectivity index (χ2n) is 3.83. The maximum atomic E-state index is 4.49. The van der Waals surface area contributed by atoms with E-state index < -0.39 is 0 Å². The number of imidazole rings is 1. The van der Waals surface area contributed by atoms with Gasteiger partial charge in [0, 0.05) is 25.0 Å². The topological polar surface area (TPSA) is 42.7 Å². The van der Waals surface area contributed by atoms with Gasteiger partial charge in [0.15, 0.2) is 0 Å². The Kier molecular flexibility index (Phi) is 3.36. The highest BCUT2D eigenvalue weighted by Gasteiger charge is 2.14. The molecule has 2 rings (SSSR count). The highest BCUT2D eigenvalue weighted by molar-refractivity contribution is 7.09. The van der Waals surface area contributed by atoms with Crippen molar-refractivity contribution >= 4 is 11.3 Å². The molecule has 86 valence electrons. The summed E-state index contributed by atoms with van der Waals surface area (Å²) in [5, 5.41) is 6.55. The van der Waals surface area contributed by atoms with Crippen molar-refractivity contribution in [3.05, 3.63) is 34.3 Å². The summed E-state index contributed by atoms with van der Waals surface area (Å²) in [6.07, 6.45) is 4.63. The Morgan fingerprint density at radius 1 is 1.56 bits per heavy atom. The lowest BCUT2D eigenvalue weighted by atomic mass is 10.1. The van der Waals surface area contributed by atoms with Crippen LogP contribution in [0.25, 0.3) is 0 Å². The van der Waals surface area contributed by atoms with Gasteiger partial charge in [-0.2, -0.15) is 0 Å². The first-order valence-corrected chi connectivity index (χ1v) is 6.13. The number of hydrogen-bond donors (Lipinski definition) is 1. The molecular formula is C11H16N4S. The van der Waals surface area contributed by atoms with Crippen LogP contribution in [-0.2, 0) is 13.5 Å². The van der Waals surface area contributed by atoms with E-state index in [-0.39, 0.29) is 6.04 Å². The van der Waals surface area contributed by atoms with Gasteiger partial charge in [0.05, 0.1) is 28.8 Å². The van der Waals surface area contributed by atoms with Crippen LogP contribution in [0.5, 0.6) is 0 Å². The fraction of sp³-hybridized carbons (Fsp3) is 0.455. The first-order chi connectivity index (χ1) is 7.70. The summed E-state index contributed by atoms with van der Waals surface area (Å²) in [7, 11) is 3.98. The highest BCUT2D eigenvalue weighted by atomic mass is 32.1. The van der Waals surface area contributed by atoms with Crippen LogP contribution in [0.2, 0.25) is 0 Å². The van der Waals surface area contributed by atoms with Gasteiger partial charge in [-0.3, -0.25) is 0 Å². The molecule has 4 nitrogen and oxygen atoms in total. The minimum atomic E-state index is 0.272. The van der Waals surface area contributed by atoms with Crippen molar-refractivity contribution in [3.8, 4) is 0 Å². The van der Waals surface area contributed by atoms with E-state index in [1.54, 1.807) is 11.3 Å². The lowest BCUT2D eigenvalue weighted by Crippen LogP contribution is -2.21. The van der Waals surface area contributed by atoms with Gasteiger partial charge in [0.2, 0.25) is 0 Å². The summed E-state index contributed by atoms with van der Waals surface area (Å²) in [6.45, 7) is 2.03. The van der Waals surface area contributed by atoms with Crippen LogP contribution in [0.3, 0.4) is 0 Å². The Bertz CT molecular complexity index is 460. The van der Waals surface area contributed by atoms with Crippen molar-refractivity contribution in [2.45, 2.75) is 19.4 Å². The fourth-order valence-electron chi connectivity index (χ4n) is 1.77. The Balaban J connectivity index is 2.15. The van der Waals surface area contributed by atoms with Crippen molar-refractivity contribution in [3.63, 3.8) is 0 Å². The van der Waals surface area contributed by atoms with Crippen LogP contribution >= 0.6 is 11.3 Å². The number of aromatic nitrogens is 3. The second kappa shape index (κ2) is 4.76. The minimum Gasteiger partial charge on any atom is -0.336 e. The third-order valence-electron chi connectivity index (χ3n) is 2.64. The molecule has 2 aromatic rings. The van der Waals surface area contributed by atoms with Gasteiger partial charge in [0.25, 0.3) is 0 Å². The van der Waals surface area contributed by atoms with Crippen molar-refractivity contribution in [1.29, 1.82) is 0 Å². The summed E-state index contributed by atoms with van der Waals surface area (Å²) < 4.78 is 2.04. The quantitative estimate of drug-likeness (QED) is 0.878. The average Bonchev–Trinajstić information content (AvgIpc) is 2.84. The smallest absolute Gasteiger partial charge is 0.0946 e. The number of aryl methyl sites for hydroxylation is 2. The molecule has 1 atom stereocenters. The Labute approximate surface area is 99.4 Å². The molecular weight excluding hydrogens is 220 g/mol. The fourth-order valence-corrected chi connectivity index (χ4v) is 2.39. The van der Waals surface area contributed by atoms with Gasteiger partial charge >= 0.3 is 0 Å². The first kappa shape index (κ1) is 11.3. The molecule has 0 spiro atoms. The molecule has 0 radical (unpaired) electrons. The molecule has 1 N–H and O–H groups in total. The third kappa shape index (κ3) is 2.31. The lowest BCUT2D eigenvalue weighted by molar-refractivity contribution is 0.550. The molecule has 0 saturated heterocycles. The SMILES string of the molecule is CNC(Cc1csc(C)n1)c1cncn1C. The van der Waals surface area contributed by atoms with Crippen LogP contribution in [0.1, 0.15) is 22.4 Å². The zero-order chi connectivity index (χ0) is 11.5. The van der Waals surface area contributed by atoms with Gasteiger partial charge in [-0.15, -0.1) is 11.3 Å². The zero-order valence-corrected chi connectivity index (χ0v) is 10.6. The van der Waals surface area contributed by atoms with E-state index in [1.807, 2.05) is 38.1 Å². The largest absolute Gasteiger partial charge is 0.336 e. The Morgan fingerprint density at radius 3 is 2.88 bits per heavy atom. The second-order valence-corrected chi connectivity index (χ2v) is 4.89. The van der Waals surface area contributed by atoms with Crippen LogP contribution < -0.4 is 5.32 Å². The molecule has 0 bridgehead atoms. The predicted molar refractivity (Wildman–Crippen MR) is 65.6 cm³/mol. The van der Waals surface area contributed by atoms with E-state index in [4.69, 9.17) is 0 Å². The number of thiazole rings is 1. The maximum absolute atomic E-state index is 4.49. The van der Waals surface area contributed by atoms with E-state index in [2.05, 4.69) is 20.7 Å². The monoisotopic (exact) mass is 236 g/mol. The van der Waals surface area contributed by atoms with E-state index in [0.717, 1.165) is 17.1 Å². The molecule has 0 amide bonds. The van der Waals surface area contributed by atoms with Crippen molar-refractivity contribution < 1.29 is 0 Å². The lowest BCUT2D eigenvalue weighted by Gasteiger charge is -2.15. The molecule has 16 heavy (non-hydrogen) atoms. The number of hydrogen-bond acceptors (Lipinski definition) is 4. The molecule has 2 aromatic heterocycles. The number of likely N-dealkylation sites (N-methyl/N-ethyl adjacent to an activating group) is 1. The van der Waals surface area contributed by atoms with Crippen molar-refractivity contribution in [2.75, 3.05) is 7.05 Å². The van der Waals surface area contributed by atoms with Gasteiger partial charge in [-0.05, 0) is 14.0 Å². The number of nitrogens with zero attached hydrogens (tertiary/aromatic N) is 3. The summed E-state index contributed by atoms with van der Waals surface area (Å²) >= 11 is 1.70. The standard InChI is InChI=1S/C11H16N4S/c1-8-14-9(6-16-8)4-10(12-2)11-5-13-7-15(11)3/h5-7,10,12H,4H2,1-3H3. The van der Waals surface area contributed by atoms with Crippen LogP contribution in [0.4, 0.5) is 0 Å². The molecule has 0 aromatic carbocycles. The van der Waals surface area contributed by atoms with Crippen LogP contribution in [0, 0.1) is 6.92 Å². The first-order valence-electron chi connectivity index (χ1n) is 5.25. The van der Waals surface area contributed by atoms with Gasteiger partial charge in [-0.1, -0.05) is 0 Å². The summed E-state index contributed by atoms with van der Waals surface area (Å²) in [5.74, 6) is 0. The van der Waals surface area contributed by atoms with E-state index >= 15 is 0 Å². The van der Waals surface area contributed by atoms with Crippen molar-refractivity contribution in [1.82, 2.24) is 19.9 Å². The Hall–Kier alpha value is -1.20. The molecule has 0 aliphatic heterocycles. The molecule has 0 fully saturated rings. The Morgan fingerprint density at radius 2 is 2.38 bits per heavy atom. The summed E-state index contributed by atoms with van der Waals surface area (Å²) in [4.78, 5) is 8.63. The molecule has 5 heteroatoms. The molecule has 2 heterocycles. The average molecular weight is 236 g/mol. The van der Waals surface area contributed by atoms with E-state index in [1.165, 1.54) is 5.69 Å². The highest BCUT2D eigenvalue weighted by Crippen LogP contribution is 2.18. The molecule has 0 aliphatic rings. The number of nitrogens with one attached hydrogen (secondary N) is 1. The summed E-state index contributed by atoms with van der Waals surface area (Å²) in [6, 6.07) is 0.272. The van der Waals surface area contributed by atoms with Gasteiger partial charge < -0.3 is 9.88 Å². The van der Waals surface area contributed by atoms with Crippen molar-refractivity contribution in [2.24, 2.45) is 7.05 Å². The minimum absolute atomic E-state index is 0.272. The van der Waals surface area contributed by atoms with Crippen LogP contribution in [-0.4, -0.2) is 21.6 Å². The van der Waals surface area contributed by atoms with Gasteiger partial charge in [0.1, 0.15) is 0 Å². The maximum Gasteiger partial charge on any atom is 0.0946 e. The zero-order valence-electron chi connectivity index (χ0n) is 9.77. The number of rotatable bonds is 4. The van der Waals surface area contributed by atoms with E-state index in [9.17, 15) is 0 Å². The summed E-state index contributed by atoms with van der Waals surface area (Å²) in [5.41, 5.74) is 2.33. The normalized spacial score (nSPS) is 12.9. The predicted octanol–water partition coefficient (Wildman–Crippen LogP) is 1.69. The van der Waals surface area contributed by atoms with Crippen LogP contribution in [0.15, 0.2) is 17.9 Å². The molecule has 0 saturated carbocycles. The third-order valence-corrected chi connectivity index (χ3v) is 3.46. The molecule has 0 aliphatic carbocycles. The van der Waals surface area contributed by atoms with Gasteiger partial charge in [-0.25, -0.2) is 9.97 Å².